The van der Waals surface area contributed by atoms with Gasteiger partial charge in [-0.05, 0) is 6.42 Å². The molecule has 0 aliphatic heterocycles. The normalized spacial score (nSPS) is 11.9. The molecular formula is C8H15NO5. The molecule has 0 aromatic carbocycles. The van der Waals surface area contributed by atoms with Gasteiger partial charge in [-0.3, -0.25) is 4.79 Å². The van der Waals surface area contributed by atoms with Crippen LogP contribution in [0.5, 0.6) is 0 Å². The summed E-state index contributed by atoms with van der Waals surface area (Å²) in [5.41, 5.74) is 4.89. The molecule has 3 N–H and O–H groups in total. The van der Waals surface area contributed by atoms with Crippen LogP contribution in [0.1, 0.15) is 26.2 Å². The quantitative estimate of drug-likeness (QED) is 0.286. The first-order chi connectivity index (χ1) is 6.56. The van der Waals surface area contributed by atoms with Crippen LogP contribution in [0.3, 0.4) is 0 Å². The largest absolute Gasteiger partial charge is 0.516 e. The zero-order valence-corrected chi connectivity index (χ0v) is 8.06. The number of aliphatic hydroxyl groups is 1. The molecule has 1 unspecified atom stereocenters. The minimum atomic E-state index is -1.31. The van der Waals surface area contributed by atoms with Gasteiger partial charge in [-0.2, -0.15) is 0 Å². The summed E-state index contributed by atoms with van der Waals surface area (Å²) < 4.78 is 8.70. The van der Waals surface area contributed by atoms with Crippen molar-refractivity contribution in [3.8, 4) is 0 Å². The molecule has 0 aromatic rings. The fourth-order valence-corrected chi connectivity index (χ4v) is 0.635. The molecule has 6 heteroatoms. The lowest BCUT2D eigenvalue weighted by Gasteiger charge is -2.05. The molecule has 0 fully saturated rings. The van der Waals surface area contributed by atoms with Gasteiger partial charge in [0.2, 0.25) is 0 Å². The Kier molecular flexibility index (Phi) is 6.69. The SMILES string of the molecule is CCCCOC(=O)OC(=O)CC(N)O. The molecule has 0 aliphatic carbocycles. The van der Waals surface area contributed by atoms with Gasteiger partial charge in [-0.15, -0.1) is 0 Å². The first kappa shape index (κ1) is 12.9. The van der Waals surface area contributed by atoms with Gasteiger partial charge in [0, 0.05) is 0 Å². The summed E-state index contributed by atoms with van der Waals surface area (Å²) in [4.78, 5) is 21.5. The van der Waals surface area contributed by atoms with Crippen molar-refractivity contribution in [2.24, 2.45) is 5.73 Å². The first-order valence-electron chi connectivity index (χ1n) is 4.37. The maximum Gasteiger partial charge on any atom is 0.516 e. The molecule has 6 nitrogen and oxygen atoms in total. The lowest BCUT2D eigenvalue weighted by Crippen LogP contribution is -2.25. The molecule has 0 heterocycles. The highest BCUT2D eigenvalue weighted by Crippen LogP contribution is 1.95. The van der Waals surface area contributed by atoms with Crippen LogP contribution in [-0.2, 0) is 14.3 Å². The van der Waals surface area contributed by atoms with E-state index in [1.54, 1.807) is 0 Å². The standard InChI is InChI=1S/C8H15NO5/c1-2-3-4-13-8(12)14-7(11)5-6(9)10/h6,10H,2-5,9H2,1H3. The van der Waals surface area contributed by atoms with Crippen molar-refractivity contribution < 1.29 is 24.2 Å². The van der Waals surface area contributed by atoms with E-state index in [4.69, 9.17) is 10.8 Å². The van der Waals surface area contributed by atoms with Gasteiger partial charge in [0.05, 0.1) is 13.0 Å². The van der Waals surface area contributed by atoms with Gasteiger partial charge in [0.25, 0.3) is 0 Å². The van der Waals surface area contributed by atoms with Gasteiger partial charge in [0.1, 0.15) is 6.23 Å². The number of aliphatic hydroxyl groups excluding tert-OH is 1. The number of ether oxygens (including phenoxy) is 2. The number of hydrogen-bond acceptors (Lipinski definition) is 6. The Bertz CT molecular complexity index is 192. The van der Waals surface area contributed by atoms with Crippen LogP contribution in [0.2, 0.25) is 0 Å². The molecule has 14 heavy (non-hydrogen) atoms. The highest BCUT2D eigenvalue weighted by molar-refractivity contribution is 5.81. The van der Waals surface area contributed by atoms with E-state index in [0.717, 1.165) is 6.42 Å². The maximum absolute atomic E-state index is 10.7. The van der Waals surface area contributed by atoms with E-state index in [9.17, 15) is 9.59 Å². The Labute approximate surface area is 82.0 Å². The molecule has 0 radical (unpaired) electrons. The molecule has 0 saturated heterocycles. The number of carbonyl (C=O) groups excluding carboxylic acids is 2. The Balaban J connectivity index is 3.56. The molecule has 82 valence electrons. The van der Waals surface area contributed by atoms with Crippen LogP contribution in [0, 0.1) is 0 Å². The molecule has 0 spiro atoms. The van der Waals surface area contributed by atoms with Crippen LogP contribution in [0.25, 0.3) is 0 Å². The predicted molar refractivity (Wildman–Crippen MR) is 47.2 cm³/mol. The average Bonchev–Trinajstić information content (AvgIpc) is 2.02. The summed E-state index contributed by atoms with van der Waals surface area (Å²) in [6, 6.07) is 0. The molecule has 0 aromatic heterocycles. The van der Waals surface area contributed by atoms with Crippen LogP contribution in [-0.4, -0.2) is 30.1 Å². The van der Waals surface area contributed by atoms with E-state index in [0.29, 0.717) is 6.42 Å². The van der Waals surface area contributed by atoms with Crippen molar-refractivity contribution in [3.05, 3.63) is 0 Å². The van der Waals surface area contributed by atoms with Crippen LogP contribution >= 0.6 is 0 Å². The fraction of sp³-hybridized carbons (Fsp3) is 0.750. The Hall–Kier alpha value is -1.14. The second-order valence-electron chi connectivity index (χ2n) is 2.70. The monoisotopic (exact) mass is 205 g/mol. The Morgan fingerprint density at radius 2 is 2.14 bits per heavy atom. The third kappa shape index (κ3) is 7.51. The van der Waals surface area contributed by atoms with Gasteiger partial charge in [-0.1, -0.05) is 13.3 Å². The Morgan fingerprint density at radius 3 is 2.64 bits per heavy atom. The Morgan fingerprint density at radius 1 is 1.50 bits per heavy atom. The van der Waals surface area contributed by atoms with Crippen molar-refractivity contribution in [3.63, 3.8) is 0 Å². The van der Waals surface area contributed by atoms with Crippen LogP contribution in [0.4, 0.5) is 4.79 Å². The van der Waals surface area contributed by atoms with Crippen molar-refractivity contribution in [2.75, 3.05) is 6.61 Å². The van der Waals surface area contributed by atoms with E-state index in [-0.39, 0.29) is 6.61 Å². The summed E-state index contributed by atoms with van der Waals surface area (Å²) >= 11 is 0. The number of carbonyl (C=O) groups is 2. The summed E-state index contributed by atoms with van der Waals surface area (Å²) in [6.07, 6.45) is -1.20. The third-order valence-corrected chi connectivity index (χ3v) is 1.29. The first-order valence-corrected chi connectivity index (χ1v) is 4.37. The van der Waals surface area contributed by atoms with Crippen molar-refractivity contribution in [1.29, 1.82) is 0 Å². The van der Waals surface area contributed by atoms with Crippen LogP contribution in [0.15, 0.2) is 0 Å². The zero-order chi connectivity index (χ0) is 11.0. The molecular weight excluding hydrogens is 190 g/mol. The maximum atomic E-state index is 10.7. The highest BCUT2D eigenvalue weighted by atomic mass is 16.7. The third-order valence-electron chi connectivity index (χ3n) is 1.29. The number of unbranched alkanes of at least 4 members (excludes halogenated alkanes) is 1. The second-order valence-corrected chi connectivity index (χ2v) is 2.70. The summed E-state index contributed by atoms with van der Waals surface area (Å²) in [7, 11) is 0. The van der Waals surface area contributed by atoms with E-state index < -0.39 is 24.8 Å². The summed E-state index contributed by atoms with van der Waals surface area (Å²) in [5, 5.41) is 8.57. The second kappa shape index (κ2) is 7.28. The van der Waals surface area contributed by atoms with E-state index in [1.165, 1.54) is 0 Å². The van der Waals surface area contributed by atoms with Crippen LogP contribution < -0.4 is 5.73 Å². The van der Waals surface area contributed by atoms with Crippen molar-refractivity contribution >= 4 is 12.1 Å². The highest BCUT2D eigenvalue weighted by Gasteiger charge is 2.13. The van der Waals surface area contributed by atoms with E-state index >= 15 is 0 Å². The van der Waals surface area contributed by atoms with Crippen molar-refractivity contribution in [1.82, 2.24) is 0 Å². The molecule has 0 aliphatic rings. The predicted octanol–water partition coefficient (Wildman–Crippen LogP) is 0.134. The van der Waals surface area contributed by atoms with Gasteiger partial charge >= 0.3 is 12.1 Å². The number of rotatable bonds is 5. The molecule has 1 atom stereocenters. The molecule has 0 rings (SSSR count). The molecule has 0 amide bonds. The summed E-state index contributed by atoms with van der Waals surface area (Å²) in [5.74, 6) is -0.901. The lowest BCUT2D eigenvalue weighted by molar-refractivity contribution is -0.141. The minimum absolute atomic E-state index is 0.216. The smallest absolute Gasteiger partial charge is 0.434 e. The van der Waals surface area contributed by atoms with Gasteiger partial charge < -0.3 is 20.3 Å². The molecule has 0 bridgehead atoms. The fourth-order valence-electron chi connectivity index (χ4n) is 0.635. The zero-order valence-electron chi connectivity index (χ0n) is 8.06. The van der Waals surface area contributed by atoms with Crippen molar-refractivity contribution in [2.45, 2.75) is 32.4 Å². The van der Waals surface area contributed by atoms with E-state index in [2.05, 4.69) is 9.47 Å². The average molecular weight is 205 g/mol. The number of hydrogen-bond donors (Lipinski definition) is 2. The summed E-state index contributed by atoms with van der Waals surface area (Å²) in [6.45, 7) is 2.15. The topological polar surface area (TPSA) is 98.9 Å². The number of esters is 1. The van der Waals surface area contributed by atoms with Gasteiger partial charge in [-0.25, -0.2) is 4.79 Å². The lowest BCUT2D eigenvalue weighted by atomic mass is 10.4. The van der Waals surface area contributed by atoms with E-state index in [1.807, 2.05) is 6.92 Å². The molecule has 0 saturated carbocycles. The van der Waals surface area contributed by atoms with Gasteiger partial charge in [0.15, 0.2) is 0 Å². The minimum Gasteiger partial charge on any atom is -0.434 e. The number of nitrogens with two attached hydrogens (primary N) is 1.